The van der Waals surface area contributed by atoms with Crippen LogP contribution in [-0.2, 0) is 4.74 Å². The molecular weight excluding hydrogens is 152 g/mol. The molecule has 0 saturated carbocycles. The van der Waals surface area contributed by atoms with Gasteiger partial charge in [-0.1, -0.05) is 13.8 Å². The molecule has 0 aromatic heterocycles. The molecule has 0 amide bonds. The van der Waals surface area contributed by atoms with Crippen molar-refractivity contribution in [3.8, 4) is 0 Å². The minimum Gasteiger partial charge on any atom is -0.451 e. The van der Waals surface area contributed by atoms with E-state index in [4.69, 9.17) is 11.6 Å². The van der Waals surface area contributed by atoms with Gasteiger partial charge in [0.15, 0.2) is 0 Å². The number of ether oxygens (including phenoxy) is 1. The molecule has 2 nitrogen and oxygen atoms in total. The molecule has 0 fully saturated rings. The smallest absolute Gasteiger partial charge is 0.404 e. The standard InChI is InChI=1S/C7H13ClO2/c1-5(2)4-6(3)10-7(8)9/h5-6H,4H2,1-3H3. The molecule has 60 valence electrons. The molecule has 3 heteroatoms. The average Bonchev–Trinajstić information content (AvgIpc) is 1.58. The molecule has 1 unspecified atom stereocenters. The predicted octanol–water partition coefficient (Wildman–Crippen LogP) is 2.80. The average molecular weight is 165 g/mol. The van der Waals surface area contributed by atoms with Crippen molar-refractivity contribution in [1.82, 2.24) is 0 Å². The van der Waals surface area contributed by atoms with E-state index in [9.17, 15) is 4.79 Å². The number of carbonyl (C=O) groups is 1. The zero-order valence-electron chi connectivity index (χ0n) is 6.56. The van der Waals surface area contributed by atoms with Crippen molar-refractivity contribution < 1.29 is 9.53 Å². The largest absolute Gasteiger partial charge is 0.451 e. The zero-order chi connectivity index (χ0) is 8.15. The van der Waals surface area contributed by atoms with Gasteiger partial charge < -0.3 is 4.74 Å². The van der Waals surface area contributed by atoms with Gasteiger partial charge in [-0.15, -0.1) is 0 Å². The van der Waals surface area contributed by atoms with Crippen LogP contribution in [0, 0.1) is 5.92 Å². The van der Waals surface area contributed by atoms with Crippen LogP contribution in [0.3, 0.4) is 0 Å². The summed E-state index contributed by atoms with van der Waals surface area (Å²) in [5, 5.41) is 0. The predicted molar refractivity (Wildman–Crippen MR) is 41.3 cm³/mol. The monoisotopic (exact) mass is 164 g/mol. The molecule has 0 N–H and O–H groups in total. The number of hydrogen-bond donors (Lipinski definition) is 0. The van der Waals surface area contributed by atoms with Gasteiger partial charge in [0.1, 0.15) is 6.10 Å². The lowest BCUT2D eigenvalue weighted by molar-refractivity contribution is 0.118. The first kappa shape index (κ1) is 9.76. The molecule has 0 spiro atoms. The Morgan fingerprint density at radius 2 is 2.00 bits per heavy atom. The van der Waals surface area contributed by atoms with E-state index in [1.165, 1.54) is 0 Å². The Hall–Kier alpha value is -0.240. The van der Waals surface area contributed by atoms with Gasteiger partial charge in [-0.2, -0.15) is 0 Å². The van der Waals surface area contributed by atoms with Crippen LogP contribution >= 0.6 is 11.6 Å². The van der Waals surface area contributed by atoms with Crippen LogP contribution < -0.4 is 0 Å². The minimum atomic E-state index is -0.715. The Morgan fingerprint density at radius 3 is 2.30 bits per heavy atom. The third kappa shape index (κ3) is 5.89. The highest BCUT2D eigenvalue weighted by atomic mass is 35.5. The second-order valence-electron chi connectivity index (χ2n) is 2.80. The molecule has 1 atom stereocenters. The number of hydrogen-bond acceptors (Lipinski definition) is 2. The SMILES string of the molecule is CC(C)CC(C)OC(=O)Cl. The van der Waals surface area contributed by atoms with Crippen LogP contribution in [-0.4, -0.2) is 11.5 Å². The van der Waals surface area contributed by atoms with Gasteiger partial charge in [0.05, 0.1) is 0 Å². The molecule has 0 aliphatic rings. The van der Waals surface area contributed by atoms with E-state index in [2.05, 4.69) is 18.6 Å². The normalized spacial score (nSPS) is 13.3. The van der Waals surface area contributed by atoms with Crippen molar-refractivity contribution in [1.29, 1.82) is 0 Å². The molecule has 0 bridgehead atoms. The van der Waals surface area contributed by atoms with Crippen LogP contribution in [0.25, 0.3) is 0 Å². The summed E-state index contributed by atoms with van der Waals surface area (Å²) in [5.74, 6) is 0.533. The summed E-state index contributed by atoms with van der Waals surface area (Å²) >= 11 is 4.99. The van der Waals surface area contributed by atoms with Gasteiger partial charge >= 0.3 is 5.43 Å². The summed E-state index contributed by atoms with van der Waals surface area (Å²) in [4.78, 5) is 10.2. The Morgan fingerprint density at radius 1 is 1.50 bits per heavy atom. The summed E-state index contributed by atoms with van der Waals surface area (Å²) in [6, 6.07) is 0. The van der Waals surface area contributed by atoms with Crippen LogP contribution in [0.4, 0.5) is 4.79 Å². The van der Waals surface area contributed by atoms with E-state index in [1.54, 1.807) is 0 Å². The van der Waals surface area contributed by atoms with Crippen molar-refractivity contribution in [2.75, 3.05) is 0 Å². The lowest BCUT2D eigenvalue weighted by Gasteiger charge is -2.12. The van der Waals surface area contributed by atoms with E-state index in [0.717, 1.165) is 6.42 Å². The Bertz CT molecular complexity index is 112. The number of halogens is 1. The molecule has 10 heavy (non-hydrogen) atoms. The summed E-state index contributed by atoms with van der Waals surface area (Å²) in [6.07, 6.45) is 0.795. The van der Waals surface area contributed by atoms with Crippen molar-refractivity contribution in [2.24, 2.45) is 5.92 Å². The first-order chi connectivity index (χ1) is 4.52. The minimum absolute atomic E-state index is 0.0648. The highest BCUT2D eigenvalue weighted by Gasteiger charge is 2.07. The molecule has 0 heterocycles. The van der Waals surface area contributed by atoms with Crippen LogP contribution in [0.2, 0.25) is 0 Å². The van der Waals surface area contributed by atoms with Gasteiger partial charge in [0.25, 0.3) is 0 Å². The molecule has 0 rings (SSSR count). The first-order valence-corrected chi connectivity index (χ1v) is 3.76. The van der Waals surface area contributed by atoms with Crippen molar-refractivity contribution >= 4 is 17.0 Å². The van der Waals surface area contributed by atoms with Crippen molar-refractivity contribution in [3.63, 3.8) is 0 Å². The summed E-state index contributed by atoms with van der Waals surface area (Å²) in [5.41, 5.74) is -0.715. The summed E-state index contributed by atoms with van der Waals surface area (Å²) < 4.78 is 4.69. The molecular formula is C7H13ClO2. The lowest BCUT2D eigenvalue weighted by Crippen LogP contribution is -2.12. The molecule has 0 aromatic rings. The number of carbonyl (C=O) groups excluding carboxylic acids is 1. The van der Waals surface area contributed by atoms with E-state index >= 15 is 0 Å². The first-order valence-electron chi connectivity index (χ1n) is 3.38. The molecule has 0 radical (unpaired) electrons. The quantitative estimate of drug-likeness (QED) is 0.600. The van der Waals surface area contributed by atoms with Gasteiger partial charge in [0, 0.05) is 11.6 Å². The Balaban J connectivity index is 3.43. The molecule has 0 aliphatic heterocycles. The van der Waals surface area contributed by atoms with E-state index in [0.29, 0.717) is 5.92 Å². The highest BCUT2D eigenvalue weighted by Crippen LogP contribution is 2.08. The van der Waals surface area contributed by atoms with Crippen LogP contribution in [0.1, 0.15) is 27.2 Å². The van der Waals surface area contributed by atoms with Gasteiger partial charge in [-0.05, 0) is 19.3 Å². The maximum atomic E-state index is 10.2. The molecule has 0 aliphatic carbocycles. The summed E-state index contributed by atoms with van der Waals surface area (Å²) in [7, 11) is 0. The third-order valence-corrected chi connectivity index (χ3v) is 1.19. The molecule has 0 aromatic carbocycles. The molecule has 0 saturated heterocycles. The fourth-order valence-corrected chi connectivity index (χ4v) is 1.02. The van der Waals surface area contributed by atoms with E-state index < -0.39 is 5.43 Å². The zero-order valence-corrected chi connectivity index (χ0v) is 7.31. The van der Waals surface area contributed by atoms with E-state index in [-0.39, 0.29) is 6.10 Å². The fraction of sp³-hybridized carbons (Fsp3) is 0.857. The van der Waals surface area contributed by atoms with Crippen molar-refractivity contribution in [3.05, 3.63) is 0 Å². The lowest BCUT2D eigenvalue weighted by atomic mass is 10.1. The fourth-order valence-electron chi connectivity index (χ4n) is 0.870. The van der Waals surface area contributed by atoms with Gasteiger partial charge in [-0.3, -0.25) is 0 Å². The second kappa shape index (κ2) is 4.56. The summed E-state index contributed by atoms with van der Waals surface area (Å²) in [6.45, 7) is 5.97. The maximum absolute atomic E-state index is 10.2. The topological polar surface area (TPSA) is 26.3 Å². The Labute approximate surface area is 66.5 Å². The van der Waals surface area contributed by atoms with Gasteiger partial charge in [0.2, 0.25) is 0 Å². The Kier molecular flexibility index (Phi) is 4.45. The number of rotatable bonds is 3. The second-order valence-corrected chi connectivity index (χ2v) is 3.10. The maximum Gasteiger partial charge on any atom is 0.404 e. The van der Waals surface area contributed by atoms with Crippen LogP contribution in [0.15, 0.2) is 0 Å². The third-order valence-electron chi connectivity index (χ3n) is 1.10. The highest BCUT2D eigenvalue weighted by molar-refractivity contribution is 6.61. The van der Waals surface area contributed by atoms with Gasteiger partial charge in [-0.25, -0.2) is 4.79 Å². The van der Waals surface area contributed by atoms with E-state index in [1.807, 2.05) is 6.92 Å². The van der Waals surface area contributed by atoms with Crippen molar-refractivity contribution in [2.45, 2.75) is 33.3 Å². The van der Waals surface area contributed by atoms with Crippen LogP contribution in [0.5, 0.6) is 0 Å².